The fraction of sp³-hybridized carbons (Fsp3) is 0.167. The Hall–Kier alpha value is -1.97. The first-order chi connectivity index (χ1) is 12.9. The number of aromatic nitrogens is 1. The smallest absolute Gasteiger partial charge is 0.266 e. The molecule has 0 radical (unpaired) electrons. The molecule has 9 heteroatoms. The lowest BCUT2D eigenvalue weighted by atomic mass is 10.0. The Bertz CT molecular complexity index is 1010. The molecule has 3 rings (SSSR count). The highest BCUT2D eigenvalue weighted by Crippen LogP contribution is 2.33. The number of anilines is 2. The van der Waals surface area contributed by atoms with E-state index in [4.69, 9.17) is 0 Å². The standard InChI is InChI=1S/C18H17BrFN3O2S2/c1-2-15(12-6-4-3-5-7-12)22-16-11-14(20)17(10-13(16)19)27(24,25)23-18-21-8-9-26-18/h3-11,15,22H,2H2,1H3,(H,21,23)/t15-/m0/s1. The summed E-state index contributed by atoms with van der Waals surface area (Å²) in [5, 5.41) is 5.08. The molecule has 3 aromatic rings. The summed E-state index contributed by atoms with van der Waals surface area (Å²) in [5.41, 5.74) is 1.55. The number of thiazole rings is 1. The second kappa shape index (κ2) is 8.37. The normalized spacial score (nSPS) is 12.6. The third-order valence-electron chi connectivity index (χ3n) is 3.91. The van der Waals surface area contributed by atoms with Gasteiger partial charge in [-0.3, -0.25) is 4.72 Å². The van der Waals surface area contributed by atoms with E-state index in [2.05, 4.69) is 31.0 Å². The van der Waals surface area contributed by atoms with Crippen molar-refractivity contribution in [1.82, 2.24) is 4.98 Å². The van der Waals surface area contributed by atoms with E-state index in [9.17, 15) is 12.8 Å². The highest BCUT2D eigenvalue weighted by Gasteiger charge is 2.23. The number of hydrogen-bond acceptors (Lipinski definition) is 5. The monoisotopic (exact) mass is 469 g/mol. The largest absolute Gasteiger partial charge is 0.377 e. The number of halogens is 2. The van der Waals surface area contributed by atoms with Crippen LogP contribution in [0.2, 0.25) is 0 Å². The number of rotatable bonds is 7. The second-order valence-electron chi connectivity index (χ2n) is 5.72. The Morgan fingerprint density at radius 3 is 2.63 bits per heavy atom. The summed E-state index contributed by atoms with van der Waals surface area (Å²) in [4.78, 5) is 3.42. The van der Waals surface area contributed by atoms with Gasteiger partial charge in [-0.25, -0.2) is 17.8 Å². The van der Waals surface area contributed by atoms with Crippen molar-refractivity contribution in [3.05, 3.63) is 69.9 Å². The van der Waals surface area contributed by atoms with Crippen LogP contribution >= 0.6 is 27.3 Å². The van der Waals surface area contributed by atoms with Crippen molar-refractivity contribution in [2.45, 2.75) is 24.3 Å². The molecule has 0 saturated carbocycles. The zero-order chi connectivity index (χ0) is 19.4. The summed E-state index contributed by atoms with van der Waals surface area (Å²) in [6.45, 7) is 2.02. The maximum atomic E-state index is 14.6. The number of nitrogens with one attached hydrogen (secondary N) is 2. The van der Waals surface area contributed by atoms with Gasteiger partial charge in [-0.1, -0.05) is 37.3 Å². The van der Waals surface area contributed by atoms with E-state index in [0.29, 0.717) is 10.2 Å². The SMILES string of the molecule is CC[C@H](Nc1cc(F)c(S(=O)(=O)Nc2nccs2)cc1Br)c1ccccc1. The molecule has 0 bridgehead atoms. The number of hydrogen-bond donors (Lipinski definition) is 2. The van der Waals surface area contributed by atoms with Gasteiger partial charge in [-0.2, -0.15) is 0 Å². The van der Waals surface area contributed by atoms with Crippen LogP contribution in [0.4, 0.5) is 15.2 Å². The summed E-state index contributed by atoms with van der Waals surface area (Å²) in [7, 11) is -4.07. The van der Waals surface area contributed by atoms with Crippen LogP contribution in [0.5, 0.6) is 0 Å². The van der Waals surface area contributed by atoms with Crippen LogP contribution in [0.15, 0.2) is 63.4 Å². The van der Waals surface area contributed by atoms with Gasteiger partial charge in [0.25, 0.3) is 10.0 Å². The van der Waals surface area contributed by atoms with Crippen molar-refractivity contribution in [1.29, 1.82) is 0 Å². The number of nitrogens with zero attached hydrogens (tertiary/aromatic N) is 1. The molecule has 0 aliphatic heterocycles. The summed E-state index contributed by atoms with van der Waals surface area (Å²) in [6, 6.07) is 12.2. The van der Waals surface area contributed by atoms with Gasteiger partial charge in [0.05, 0.1) is 11.7 Å². The maximum Gasteiger partial charge on any atom is 0.266 e. The van der Waals surface area contributed by atoms with Gasteiger partial charge in [0.2, 0.25) is 0 Å². The van der Waals surface area contributed by atoms with E-state index in [1.165, 1.54) is 18.3 Å². The van der Waals surface area contributed by atoms with Crippen molar-refractivity contribution >= 4 is 48.1 Å². The molecule has 0 fully saturated rings. The predicted molar refractivity (Wildman–Crippen MR) is 110 cm³/mol. The molecule has 0 aliphatic rings. The maximum absolute atomic E-state index is 14.6. The summed E-state index contributed by atoms with van der Waals surface area (Å²) in [6.07, 6.45) is 2.25. The topological polar surface area (TPSA) is 71.1 Å². The average Bonchev–Trinajstić information content (AvgIpc) is 3.15. The third-order valence-corrected chi connectivity index (χ3v) is 6.73. The van der Waals surface area contributed by atoms with Crippen molar-refractivity contribution < 1.29 is 12.8 Å². The lowest BCUT2D eigenvalue weighted by Crippen LogP contribution is -2.15. The molecule has 2 aromatic carbocycles. The summed E-state index contributed by atoms with van der Waals surface area (Å²) >= 11 is 4.47. The van der Waals surface area contributed by atoms with E-state index >= 15 is 0 Å². The zero-order valence-electron chi connectivity index (χ0n) is 14.3. The molecule has 1 atom stereocenters. The highest BCUT2D eigenvalue weighted by atomic mass is 79.9. The Morgan fingerprint density at radius 1 is 1.26 bits per heavy atom. The van der Waals surface area contributed by atoms with E-state index < -0.39 is 20.7 Å². The van der Waals surface area contributed by atoms with Gasteiger partial charge >= 0.3 is 0 Å². The van der Waals surface area contributed by atoms with Gasteiger partial charge in [0.1, 0.15) is 10.7 Å². The van der Waals surface area contributed by atoms with Crippen molar-refractivity contribution in [3.63, 3.8) is 0 Å². The van der Waals surface area contributed by atoms with E-state index in [0.717, 1.165) is 23.3 Å². The van der Waals surface area contributed by atoms with Crippen LogP contribution in [-0.2, 0) is 10.0 Å². The molecule has 0 amide bonds. The molecule has 0 spiro atoms. The van der Waals surface area contributed by atoms with E-state index in [1.54, 1.807) is 5.38 Å². The lowest BCUT2D eigenvalue weighted by molar-refractivity contribution is 0.570. The first-order valence-corrected chi connectivity index (χ1v) is 11.3. The summed E-state index contributed by atoms with van der Waals surface area (Å²) < 4.78 is 42.3. The molecule has 1 heterocycles. The highest BCUT2D eigenvalue weighted by molar-refractivity contribution is 9.10. The van der Waals surface area contributed by atoms with E-state index in [1.807, 2.05) is 37.3 Å². The van der Waals surface area contributed by atoms with Gasteiger partial charge in [-0.15, -0.1) is 11.3 Å². The van der Waals surface area contributed by atoms with Gasteiger partial charge in [0.15, 0.2) is 5.13 Å². The first-order valence-electron chi connectivity index (χ1n) is 8.13. The van der Waals surface area contributed by atoms with Crippen molar-refractivity contribution in [3.8, 4) is 0 Å². The molecule has 0 aliphatic carbocycles. The molecular weight excluding hydrogens is 453 g/mol. The van der Waals surface area contributed by atoms with Gasteiger partial charge in [0, 0.05) is 16.0 Å². The molecule has 5 nitrogen and oxygen atoms in total. The molecule has 0 saturated heterocycles. The molecular formula is C18H17BrFN3O2S2. The first kappa shape index (κ1) is 19.8. The minimum atomic E-state index is -4.07. The Kier molecular flexibility index (Phi) is 6.13. The van der Waals surface area contributed by atoms with Crippen molar-refractivity contribution in [2.75, 3.05) is 10.0 Å². The average molecular weight is 470 g/mol. The van der Waals surface area contributed by atoms with Crippen LogP contribution in [-0.4, -0.2) is 13.4 Å². The van der Waals surface area contributed by atoms with Gasteiger partial charge < -0.3 is 5.32 Å². The second-order valence-corrected chi connectivity index (χ2v) is 9.12. The van der Waals surface area contributed by atoms with Crippen LogP contribution < -0.4 is 10.0 Å². The fourth-order valence-corrected chi connectivity index (χ4v) is 5.07. The lowest BCUT2D eigenvalue weighted by Gasteiger charge is -2.20. The predicted octanol–water partition coefficient (Wildman–Crippen LogP) is 5.41. The van der Waals surface area contributed by atoms with Crippen LogP contribution in [0.3, 0.4) is 0 Å². The third kappa shape index (κ3) is 4.66. The quantitative estimate of drug-likeness (QED) is 0.485. The molecule has 142 valence electrons. The Balaban J connectivity index is 1.88. The summed E-state index contributed by atoms with van der Waals surface area (Å²) in [5.74, 6) is -0.840. The van der Waals surface area contributed by atoms with Crippen LogP contribution in [0, 0.1) is 5.82 Å². The minimum absolute atomic E-state index is 0.0298. The van der Waals surface area contributed by atoms with E-state index in [-0.39, 0.29) is 11.2 Å². The van der Waals surface area contributed by atoms with Gasteiger partial charge in [-0.05, 0) is 40.0 Å². The van der Waals surface area contributed by atoms with Crippen molar-refractivity contribution in [2.24, 2.45) is 0 Å². The number of benzene rings is 2. The zero-order valence-corrected chi connectivity index (χ0v) is 17.5. The van der Waals surface area contributed by atoms with Crippen LogP contribution in [0.1, 0.15) is 24.9 Å². The minimum Gasteiger partial charge on any atom is -0.377 e. The fourth-order valence-electron chi connectivity index (χ4n) is 2.58. The molecule has 0 unspecified atom stereocenters. The Morgan fingerprint density at radius 2 is 2.00 bits per heavy atom. The number of sulfonamides is 1. The molecule has 1 aromatic heterocycles. The van der Waals surface area contributed by atoms with Crippen LogP contribution in [0.25, 0.3) is 0 Å². The molecule has 2 N–H and O–H groups in total. The Labute approximate surface area is 169 Å². The molecule has 27 heavy (non-hydrogen) atoms.